The molecule has 0 saturated carbocycles. The molecule has 0 spiro atoms. The van der Waals surface area contributed by atoms with Crippen LogP contribution in [0.25, 0.3) is 0 Å². The van der Waals surface area contributed by atoms with Gasteiger partial charge in [-0.25, -0.2) is 4.98 Å². The molecule has 0 saturated heterocycles. The molecule has 0 unspecified atom stereocenters. The Kier molecular flexibility index (Phi) is 4.14. The normalized spacial score (nSPS) is 14.4. The quantitative estimate of drug-likeness (QED) is 0.794. The number of ketones is 1. The molecule has 2 aromatic rings. The predicted octanol–water partition coefficient (Wildman–Crippen LogP) is 4.36. The minimum Gasteiger partial charge on any atom is -0.327 e. The van der Waals surface area contributed by atoms with E-state index in [0.29, 0.717) is 12.2 Å². The van der Waals surface area contributed by atoms with Gasteiger partial charge in [0.1, 0.15) is 0 Å². The van der Waals surface area contributed by atoms with Gasteiger partial charge in [-0.2, -0.15) is 0 Å². The van der Waals surface area contributed by atoms with Crippen LogP contribution in [-0.4, -0.2) is 15.3 Å². The number of aryl methyl sites for hydroxylation is 1. The van der Waals surface area contributed by atoms with Gasteiger partial charge in [0.2, 0.25) is 0 Å². The minimum atomic E-state index is -0.0410. The molecule has 0 radical (unpaired) electrons. The van der Waals surface area contributed by atoms with Gasteiger partial charge in [-0.05, 0) is 30.4 Å². The van der Waals surface area contributed by atoms with E-state index in [1.54, 1.807) is 0 Å². The van der Waals surface area contributed by atoms with Gasteiger partial charge in [-0.3, -0.25) is 4.79 Å². The molecule has 0 fully saturated rings. The van der Waals surface area contributed by atoms with Crippen molar-refractivity contribution in [2.75, 3.05) is 0 Å². The molecule has 3 heteroatoms. The Morgan fingerprint density at radius 1 is 1.18 bits per heavy atom. The Morgan fingerprint density at radius 2 is 1.95 bits per heavy atom. The van der Waals surface area contributed by atoms with Crippen molar-refractivity contribution in [1.29, 1.82) is 0 Å². The van der Waals surface area contributed by atoms with E-state index < -0.39 is 0 Å². The Hall–Kier alpha value is -1.90. The van der Waals surface area contributed by atoms with Crippen molar-refractivity contribution in [2.24, 2.45) is 0 Å². The fraction of sp³-hybridized carbons (Fsp3) is 0.474. The van der Waals surface area contributed by atoms with E-state index in [4.69, 9.17) is 0 Å². The van der Waals surface area contributed by atoms with Crippen LogP contribution in [0.4, 0.5) is 0 Å². The molecule has 0 bridgehead atoms. The van der Waals surface area contributed by atoms with Gasteiger partial charge in [0.25, 0.3) is 0 Å². The third-order valence-electron chi connectivity index (χ3n) is 4.89. The molecular formula is C19H24N2O. The van der Waals surface area contributed by atoms with Crippen LogP contribution in [0, 0.1) is 0 Å². The summed E-state index contributed by atoms with van der Waals surface area (Å²) in [6.07, 6.45) is 11.8. The molecule has 1 heterocycles. The highest BCUT2D eigenvalue weighted by Gasteiger charge is 2.33. The summed E-state index contributed by atoms with van der Waals surface area (Å²) < 4.78 is 2.26. The highest BCUT2D eigenvalue weighted by molar-refractivity contribution is 6.00. The summed E-state index contributed by atoms with van der Waals surface area (Å²) in [6, 6.07) is 6.47. The van der Waals surface area contributed by atoms with Crippen molar-refractivity contribution >= 4 is 5.78 Å². The molecule has 0 amide bonds. The van der Waals surface area contributed by atoms with E-state index in [1.807, 2.05) is 18.6 Å². The summed E-state index contributed by atoms with van der Waals surface area (Å²) in [5.74, 6) is 0.292. The fourth-order valence-corrected chi connectivity index (χ4v) is 3.91. The predicted molar refractivity (Wildman–Crippen MR) is 88.2 cm³/mol. The number of imidazole rings is 1. The molecular weight excluding hydrogens is 272 g/mol. The number of hydrogen-bond donors (Lipinski definition) is 0. The number of carbonyl (C=O) groups excluding carboxylic acids is 1. The van der Waals surface area contributed by atoms with Gasteiger partial charge >= 0.3 is 0 Å². The van der Waals surface area contributed by atoms with Crippen LogP contribution < -0.4 is 0 Å². The van der Waals surface area contributed by atoms with E-state index in [9.17, 15) is 4.79 Å². The lowest BCUT2D eigenvalue weighted by atomic mass is 9.80. The van der Waals surface area contributed by atoms with Crippen molar-refractivity contribution < 1.29 is 4.79 Å². The number of rotatable bonds is 6. The molecule has 1 aromatic heterocycles. The molecule has 116 valence electrons. The van der Waals surface area contributed by atoms with Gasteiger partial charge in [0, 0.05) is 24.4 Å². The van der Waals surface area contributed by atoms with Crippen LogP contribution in [0.2, 0.25) is 0 Å². The third-order valence-corrected chi connectivity index (χ3v) is 4.89. The number of Topliss-reactive ketones (excluding diaryl/α,β-unsaturated/α-hetero) is 1. The van der Waals surface area contributed by atoms with E-state index in [-0.39, 0.29) is 5.54 Å². The Balaban J connectivity index is 2.11. The molecule has 1 aliphatic rings. The van der Waals surface area contributed by atoms with Crippen LogP contribution in [0.15, 0.2) is 36.9 Å². The zero-order valence-electron chi connectivity index (χ0n) is 13.5. The maximum absolute atomic E-state index is 11.9. The zero-order valence-corrected chi connectivity index (χ0v) is 13.5. The van der Waals surface area contributed by atoms with Gasteiger partial charge in [-0.15, -0.1) is 0 Å². The molecule has 0 N–H and O–H groups in total. The summed E-state index contributed by atoms with van der Waals surface area (Å²) in [5.41, 5.74) is 3.43. The Morgan fingerprint density at radius 3 is 2.59 bits per heavy atom. The minimum absolute atomic E-state index is 0.0410. The monoisotopic (exact) mass is 296 g/mol. The van der Waals surface area contributed by atoms with E-state index >= 15 is 0 Å². The first-order valence-corrected chi connectivity index (χ1v) is 8.36. The van der Waals surface area contributed by atoms with Gasteiger partial charge < -0.3 is 4.57 Å². The summed E-state index contributed by atoms with van der Waals surface area (Å²) in [6.45, 7) is 4.47. The Bertz CT molecular complexity index is 652. The molecule has 22 heavy (non-hydrogen) atoms. The summed E-state index contributed by atoms with van der Waals surface area (Å²) in [4.78, 5) is 16.2. The van der Waals surface area contributed by atoms with Crippen LogP contribution in [0.5, 0.6) is 0 Å². The van der Waals surface area contributed by atoms with Crippen LogP contribution >= 0.6 is 0 Å². The molecule has 3 rings (SSSR count). The third kappa shape index (κ3) is 2.39. The number of hydrogen-bond acceptors (Lipinski definition) is 2. The molecule has 1 aromatic carbocycles. The fourth-order valence-electron chi connectivity index (χ4n) is 3.91. The number of nitrogens with zero attached hydrogens (tertiary/aromatic N) is 2. The van der Waals surface area contributed by atoms with E-state index in [2.05, 4.69) is 41.7 Å². The number of carbonyl (C=O) groups is 1. The summed E-state index contributed by atoms with van der Waals surface area (Å²) in [7, 11) is 0. The van der Waals surface area contributed by atoms with Gasteiger partial charge in [0.15, 0.2) is 5.78 Å². The maximum Gasteiger partial charge on any atom is 0.163 e. The summed E-state index contributed by atoms with van der Waals surface area (Å²) in [5, 5.41) is 0. The Labute approximate surface area is 132 Å². The van der Waals surface area contributed by atoms with Crippen molar-refractivity contribution in [1.82, 2.24) is 9.55 Å². The largest absolute Gasteiger partial charge is 0.327 e. The average Bonchev–Trinajstić information content (AvgIpc) is 3.17. The second kappa shape index (κ2) is 6.07. The zero-order chi connectivity index (χ0) is 15.6. The van der Waals surface area contributed by atoms with Gasteiger partial charge in [-0.1, -0.05) is 44.9 Å². The second-order valence-corrected chi connectivity index (χ2v) is 6.30. The lowest BCUT2D eigenvalue weighted by Gasteiger charge is -2.36. The van der Waals surface area contributed by atoms with Crippen molar-refractivity contribution in [3.8, 4) is 0 Å². The first-order valence-electron chi connectivity index (χ1n) is 8.36. The standard InChI is InChI=1S/C19H24N2O/c1-3-9-19(10-4-2,21-12-11-20-14-21)16-6-7-17-15(13-16)5-8-18(17)22/h6-7,11-14H,3-5,8-10H2,1-2H3. The lowest BCUT2D eigenvalue weighted by molar-refractivity contribution is 0.0994. The van der Waals surface area contributed by atoms with Crippen molar-refractivity contribution in [2.45, 2.75) is 57.9 Å². The molecule has 3 nitrogen and oxygen atoms in total. The number of fused-ring (bicyclic) bond motifs is 1. The van der Waals surface area contributed by atoms with Crippen LogP contribution in [-0.2, 0) is 12.0 Å². The van der Waals surface area contributed by atoms with Crippen LogP contribution in [0.1, 0.15) is 67.4 Å². The first kappa shape index (κ1) is 15.0. The topological polar surface area (TPSA) is 34.9 Å². The average molecular weight is 296 g/mol. The maximum atomic E-state index is 11.9. The SMILES string of the molecule is CCCC(CCC)(c1ccc2c(c1)CCC2=O)n1ccnc1. The first-order chi connectivity index (χ1) is 10.7. The number of benzene rings is 1. The lowest BCUT2D eigenvalue weighted by Crippen LogP contribution is -2.34. The molecule has 0 atom stereocenters. The molecule has 0 aliphatic heterocycles. The second-order valence-electron chi connectivity index (χ2n) is 6.30. The van der Waals surface area contributed by atoms with E-state index in [1.165, 1.54) is 11.1 Å². The smallest absolute Gasteiger partial charge is 0.163 e. The van der Waals surface area contributed by atoms with Crippen molar-refractivity contribution in [3.63, 3.8) is 0 Å². The van der Waals surface area contributed by atoms with Crippen molar-refractivity contribution in [3.05, 3.63) is 53.6 Å². The number of aromatic nitrogens is 2. The highest BCUT2D eigenvalue weighted by atomic mass is 16.1. The van der Waals surface area contributed by atoms with Crippen LogP contribution in [0.3, 0.4) is 0 Å². The van der Waals surface area contributed by atoms with E-state index in [0.717, 1.165) is 37.7 Å². The summed E-state index contributed by atoms with van der Waals surface area (Å²) >= 11 is 0. The molecule has 1 aliphatic carbocycles. The van der Waals surface area contributed by atoms with Gasteiger partial charge in [0.05, 0.1) is 11.9 Å². The highest BCUT2D eigenvalue weighted by Crippen LogP contribution is 2.38.